The number of fused-ring (bicyclic) bond motifs is 1. The van der Waals surface area contributed by atoms with Crippen LogP contribution in [0, 0.1) is 18.8 Å². The minimum Gasteiger partial charge on any atom is -0.0919 e. The summed E-state index contributed by atoms with van der Waals surface area (Å²) in [5, 5.41) is 5.74. The topological polar surface area (TPSA) is 48.8 Å². The molecule has 0 fully saturated rings. The molecule has 0 unspecified atom stereocenters. The SMILES string of the molecule is Cc1ccc(C#CCN=[N+]=[N-])c2ccccc12. The Bertz CT molecular complexity index is 656. The summed E-state index contributed by atoms with van der Waals surface area (Å²) >= 11 is 0. The summed E-state index contributed by atoms with van der Waals surface area (Å²) in [5.41, 5.74) is 10.4. The summed E-state index contributed by atoms with van der Waals surface area (Å²) in [6.07, 6.45) is 0. The Morgan fingerprint density at radius 3 is 2.71 bits per heavy atom. The van der Waals surface area contributed by atoms with Crippen molar-refractivity contribution in [2.45, 2.75) is 6.92 Å². The third-order valence-corrected chi connectivity index (χ3v) is 2.58. The van der Waals surface area contributed by atoms with E-state index in [4.69, 9.17) is 5.53 Å². The van der Waals surface area contributed by atoms with Gasteiger partial charge in [-0.1, -0.05) is 47.3 Å². The second kappa shape index (κ2) is 5.07. The molecule has 0 atom stereocenters. The van der Waals surface area contributed by atoms with E-state index in [-0.39, 0.29) is 6.54 Å². The zero-order chi connectivity index (χ0) is 12.1. The zero-order valence-corrected chi connectivity index (χ0v) is 9.51. The molecule has 0 saturated heterocycles. The monoisotopic (exact) mass is 221 g/mol. The van der Waals surface area contributed by atoms with Crippen LogP contribution in [0.4, 0.5) is 0 Å². The molecule has 0 heterocycles. The Morgan fingerprint density at radius 2 is 1.94 bits per heavy atom. The molecule has 0 aliphatic carbocycles. The molecular formula is C14H11N3. The van der Waals surface area contributed by atoms with E-state index in [1.165, 1.54) is 10.9 Å². The molecule has 0 spiro atoms. The highest BCUT2D eigenvalue weighted by atomic mass is 15.1. The molecule has 82 valence electrons. The molecular weight excluding hydrogens is 210 g/mol. The second-order valence-corrected chi connectivity index (χ2v) is 3.67. The van der Waals surface area contributed by atoms with Crippen LogP contribution >= 0.6 is 0 Å². The van der Waals surface area contributed by atoms with E-state index >= 15 is 0 Å². The summed E-state index contributed by atoms with van der Waals surface area (Å²) in [6, 6.07) is 12.2. The predicted molar refractivity (Wildman–Crippen MR) is 69.6 cm³/mol. The van der Waals surface area contributed by atoms with Crippen LogP contribution in [0.15, 0.2) is 41.5 Å². The van der Waals surface area contributed by atoms with Crippen LogP contribution in [-0.2, 0) is 0 Å². The van der Waals surface area contributed by atoms with E-state index < -0.39 is 0 Å². The number of hydrogen-bond donors (Lipinski definition) is 0. The zero-order valence-electron chi connectivity index (χ0n) is 9.51. The number of nitrogens with zero attached hydrogens (tertiary/aromatic N) is 3. The summed E-state index contributed by atoms with van der Waals surface area (Å²) in [6.45, 7) is 2.29. The minimum absolute atomic E-state index is 0.207. The lowest BCUT2D eigenvalue weighted by Crippen LogP contribution is -1.83. The molecule has 2 aromatic carbocycles. The van der Waals surface area contributed by atoms with Gasteiger partial charge in [0.2, 0.25) is 0 Å². The third-order valence-electron chi connectivity index (χ3n) is 2.58. The van der Waals surface area contributed by atoms with Gasteiger partial charge in [-0.2, -0.15) is 0 Å². The molecule has 0 N–H and O–H groups in total. The fourth-order valence-electron chi connectivity index (χ4n) is 1.76. The summed E-state index contributed by atoms with van der Waals surface area (Å²) in [4.78, 5) is 2.67. The molecule has 17 heavy (non-hydrogen) atoms. The van der Waals surface area contributed by atoms with Crippen molar-refractivity contribution in [3.63, 3.8) is 0 Å². The largest absolute Gasteiger partial charge is 0.0919 e. The van der Waals surface area contributed by atoms with Gasteiger partial charge in [-0.15, -0.1) is 0 Å². The van der Waals surface area contributed by atoms with E-state index in [9.17, 15) is 0 Å². The lowest BCUT2D eigenvalue weighted by atomic mass is 10.0. The maximum atomic E-state index is 8.16. The molecule has 3 heteroatoms. The van der Waals surface area contributed by atoms with Gasteiger partial charge >= 0.3 is 0 Å². The maximum Gasteiger partial charge on any atom is 0.0880 e. The first kappa shape index (κ1) is 11.1. The fraction of sp³-hybridized carbons (Fsp3) is 0.143. The second-order valence-electron chi connectivity index (χ2n) is 3.67. The van der Waals surface area contributed by atoms with E-state index in [1.54, 1.807) is 0 Å². The third kappa shape index (κ3) is 2.39. The van der Waals surface area contributed by atoms with Crippen molar-refractivity contribution in [1.82, 2.24) is 0 Å². The van der Waals surface area contributed by atoms with Crippen molar-refractivity contribution >= 4 is 10.8 Å². The lowest BCUT2D eigenvalue weighted by molar-refractivity contribution is 1.25. The quantitative estimate of drug-likeness (QED) is 0.304. The van der Waals surface area contributed by atoms with Gasteiger partial charge in [0.1, 0.15) is 0 Å². The maximum absolute atomic E-state index is 8.16. The van der Waals surface area contributed by atoms with Crippen molar-refractivity contribution in [2.75, 3.05) is 6.54 Å². The van der Waals surface area contributed by atoms with Gasteiger partial charge in [0.15, 0.2) is 0 Å². The molecule has 2 aromatic rings. The van der Waals surface area contributed by atoms with E-state index in [2.05, 4.69) is 47.0 Å². The molecule has 0 saturated carbocycles. The van der Waals surface area contributed by atoms with Crippen molar-refractivity contribution < 1.29 is 0 Å². The van der Waals surface area contributed by atoms with Crippen LogP contribution in [0.5, 0.6) is 0 Å². The molecule has 0 aliphatic heterocycles. The van der Waals surface area contributed by atoms with Crippen molar-refractivity contribution in [1.29, 1.82) is 0 Å². The van der Waals surface area contributed by atoms with Gasteiger partial charge < -0.3 is 0 Å². The van der Waals surface area contributed by atoms with Crippen LogP contribution in [0.1, 0.15) is 11.1 Å². The Hall–Kier alpha value is -2.43. The van der Waals surface area contributed by atoms with Crippen LogP contribution in [0.25, 0.3) is 21.2 Å². The number of azide groups is 1. The van der Waals surface area contributed by atoms with Gasteiger partial charge in [-0.25, -0.2) is 0 Å². The highest BCUT2D eigenvalue weighted by Crippen LogP contribution is 2.21. The first-order valence-corrected chi connectivity index (χ1v) is 5.31. The normalized spacial score (nSPS) is 9.24. The molecule has 0 bridgehead atoms. The number of benzene rings is 2. The average Bonchev–Trinajstić information content (AvgIpc) is 2.37. The first-order valence-electron chi connectivity index (χ1n) is 5.31. The van der Waals surface area contributed by atoms with Crippen molar-refractivity contribution in [3.05, 3.63) is 58.0 Å². The van der Waals surface area contributed by atoms with Gasteiger partial charge in [0, 0.05) is 10.5 Å². The Kier molecular flexibility index (Phi) is 3.30. The van der Waals surface area contributed by atoms with E-state index in [0.717, 1.165) is 10.9 Å². The van der Waals surface area contributed by atoms with Gasteiger partial charge in [-0.05, 0) is 34.9 Å². The Labute approximate surface area is 99.7 Å². The average molecular weight is 221 g/mol. The summed E-state index contributed by atoms with van der Waals surface area (Å²) in [5.74, 6) is 5.88. The predicted octanol–water partition coefficient (Wildman–Crippen LogP) is 3.81. The molecule has 0 radical (unpaired) electrons. The van der Waals surface area contributed by atoms with Crippen molar-refractivity contribution in [2.24, 2.45) is 5.11 Å². The van der Waals surface area contributed by atoms with Crippen LogP contribution in [-0.4, -0.2) is 6.54 Å². The van der Waals surface area contributed by atoms with Gasteiger partial charge in [0.25, 0.3) is 0 Å². The summed E-state index contributed by atoms with van der Waals surface area (Å²) in [7, 11) is 0. The molecule has 0 aliphatic rings. The highest BCUT2D eigenvalue weighted by Gasteiger charge is 1.99. The fourth-order valence-corrected chi connectivity index (χ4v) is 1.76. The Balaban J connectivity index is 2.50. The van der Waals surface area contributed by atoms with E-state index in [1.807, 2.05) is 18.2 Å². The number of aryl methyl sites for hydroxylation is 1. The lowest BCUT2D eigenvalue weighted by Gasteiger charge is -2.03. The van der Waals surface area contributed by atoms with Crippen LogP contribution < -0.4 is 0 Å². The number of hydrogen-bond acceptors (Lipinski definition) is 1. The Morgan fingerprint density at radius 1 is 1.18 bits per heavy atom. The molecule has 0 aromatic heterocycles. The molecule has 0 amide bonds. The standard InChI is InChI=1S/C14H11N3/c1-11-8-9-12(5-4-10-16-17-15)14-7-3-2-6-13(11)14/h2-3,6-9H,10H2,1H3. The van der Waals surface area contributed by atoms with Crippen molar-refractivity contribution in [3.8, 4) is 11.8 Å². The van der Waals surface area contributed by atoms with Gasteiger partial charge in [-0.3, -0.25) is 0 Å². The van der Waals surface area contributed by atoms with Crippen LogP contribution in [0.2, 0.25) is 0 Å². The molecule has 3 nitrogen and oxygen atoms in total. The smallest absolute Gasteiger partial charge is 0.0880 e. The highest BCUT2D eigenvalue weighted by molar-refractivity contribution is 5.90. The van der Waals surface area contributed by atoms with Crippen LogP contribution in [0.3, 0.4) is 0 Å². The minimum atomic E-state index is 0.207. The number of rotatable bonds is 1. The van der Waals surface area contributed by atoms with Gasteiger partial charge in [0.05, 0.1) is 6.54 Å². The van der Waals surface area contributed by atoms with E-state index in [0.29, 0.717) is 0 Å². The summed E-state index contributed by atoms with van der Waals surface area (Å²) < 4.78 is 0. The first-order chi connectivity index (χ1) is 8.33. The molecule has 2 rings (SSSR count).